The number of aryl methyl sites for hydroxylation is 2. The fourth-order valence-corrected chi connectivity index (χ4v) is 4.56. The average molecular weight is 670 g/mol. The van der Waals surface area contributed by atoms with Crippen LogP contribution in [-0.4, -0.2) is 66.5 Å². The van der Waals surface area contributed by atoms with Crippen molar-refractivity contribution in [1.29, 1.82) is 0 Å². The average Bonchev–Trinajstić information content (AvgIpc) is 3.02. The quantitative estimate of drug-likeness (QED) is 0.170. The molecule has 2 aromatic heterocycles. The SMILES string of the molecule is CC.CC(C)(C)O.COC(C)C.Cc1cc(F)ccc1OCCOc1ccc(-c2cnc(C)c(CC=O)c2N2CCC(C)(C)CC2)nc1. The molecule has 3 aromatic rings. The Hall–Kier alpha value is -3.56. The van der Waals surface area contributed by atoms with E-state index >= 15 is 0 Å². The van der Waals surface area contributed by atoms with Crippen molar-refractivity contribution in [1.82, 2.24) is 9.97 Å². The van der Waals surface area contributed by atoms with Gasteiger partial charge in [-0.05, 0) is 103 Å². The molecule has 1 saturated heterocycles. The van der Waals surface area contributed by atoms with Crippen LogP contribution in [0.4, 0.5) is 10.1 Å². The van der Waals surface area contributed by atoms with Crippen LogP contribution in [0.3, 0.4) is 0 Å². The van der Waals surface area contributed by atoms with E-state index in [0.717, 1.165) is 66.0 Å². The number of rotatable bonds is 10. The van der Waals surface area contributed by atoms with E-state index in [1.807, 2.05) is 52.9 Å². The Kier molecular flexibility index (Phi) is 18.3. The molecule has 0 unspecified atom stereocenters. The van der Waals surface area contributed by atoms with Gasteiger partial charge in [0.2, 0.25) is 0 Å². The largest absolute Gasteiger partial charge is 0.490 e. The molecule has 1 fully saturated rings. The van der Waals surface area contributed by atoms with Crippen LogP contribution in [0, 0.1) is 25.1 Å². The Labute approximate surface area is 289 Å². The lowest BCUT2D eigenvalue weighted by Crippen LogP contribution is -2.38. The lowest BCUT2D eigenvalue weighted by molar-refractivity contribution is -0.107. The summed E-state index contributed by atoms with van der Waals surface area (Å²) in [6, 6.07) is 8.25. The summed E-state index contributed by atoms with van der Waals surface area (Å²) in [7, 11) is 1.70. The number of aromatic nitrogens is 2. The summed E-state index contributed by atoms with van der Waals surface area (Å²) in [5.74, 6) is 0.990. The Morgan fingerprint density at radius 2 is 1.58 bits per heavy atom. The van der Waals surface area contributed by atoms with Crippen molar-refractivity contribution in [2.45, 2.75) is 107 Å². The van der Waals surface area contributed by atoms with Gasteiger partial charge in [0.15, 0.2) is 0 Å². The van der Waals surface area contributed by atoms with Gasteiger partial charge in [-0.2, -0.15) is 0 Å². The molecule has 0 radical (unpaired) electrons. The van der Waals surface area contributed by atoms with Crippen LogP contribution in [0.5, 0.6) is 11.5 Å². The van der Waals surface area contributed by atoms with E-state index in [4.69, 9.17) is 19.3 Å². The molecule has 1 aliphatic heterocycles. The second-order valence-electron chi connectivity index (χ2n) is 13.5. The number of ether oxygens (including phenoxy) is 3. The Morgan fingerprint density at radius 1 is 1.00 bits per heavy atom. The number of aldehydes is 1. The number of methoxy groups -OCH3 is 1. The van der Waals surface area contributed by atoms with Crippen molar-refractivity contribution in [2.24, 2.45) is 5.41 Å². The predicted octanol–water partition coefficient (Wildman–Crippen LogP) is 8.57. The van der Waals surface area contributed by atoms with Gasteiger partial charge in [0.05, 0.1) is 29.3 Å². The van der Waals surface area contributed by atoms with Crippen molar-refractivity contribution in [3.05, 3.63) is 65.4 Å². The molecule has 4 rings (SSSR count). The fourth-order valence-electron chi connectivity index (χ4n) is 4.56. The van der Waals surface area contributed by atoms with Gasteiger partial charge in [-0.1, -0.05) is 27.7 Å². The van der Waals surface area contributed by atoms with Crippen LogP contribution in [0.2, 0.25) is 0 Å². The highest BCUT2D eigenvalue weighted by atomic mass is 19.1. The van der Waals surface area contributed by atoms with Gasteiger partial charge >= 0.3 is 0 Å². The molecule has 268 valence electrons. The molecular weight excluding hydrogens is 609 g/mol. The summed E-state index contributed by atoms with van der Waals surface area (Å²) in [5.41, 5.74) is 5.20. The first-order chi connectivity index (χ1) is 22.5. The van der Waals surface area contributed by atoms with Gasteiger partial charge in [0, 0.05) is 49.6 Å². The summed E-state index contributed by atoms with van der Waals surface area (Å²) >= 11 is 0. The Balaban J connectivity index is 0.000000830. The molecule has 3 heterocycles. The maximum atomic E-state index is 13.2. The highest BCUT2D eigenvalue weighted by Gasteiger charge is 2.29. The number of benzene rings is 1. The molecule has 9 heteroatoms. The van der Waals surface area contributed by atoms with Gasteiger partial charge in [0.1, 0.15) is 36.8 Å². The number of aliphatic hydroxyl groups is 1. The van der Waals surface area contributed by atoms with Crippen molar-refractivity contribution >= 4 is 12.0 Å². The summed E-state index contributed by atoms with van der Waals surface area (Å²) in [5, 5.41) is 8.52. The smallest absolute Gasteiger partial charge is 0.137 e. The van der Waals surface area contributed by atoms with E-state index < -0.39 is 5.60 Å². The van der Waals surface area contributed by atoms with Gasteiger partial charge in [-0.15, -0.1) is 0 Å². The topological polar surface area (TPSA) is 94.0 Å². The van der Waals surface area contributed by atoms with Gasteiger partial charge in [0.25, 0.3) is 0 Å². The van der Waals surface area contributed by atoms with E-state index in [0.29, 0.717) is 42.7 Å². The van der Waals surface area contributed by atoms with E-state index in [-0.39, 0.29) is 5.82 Å². The third-order valence-electron chi connectivity index (χ3n) is 7.32. The standard InChI is InChI=1S/C29H34FN3O3.2C4H10O.C2H6/c1-20-17-22(30)5-8-27(20)36-16-15-35-23-6-7-26(32-18-23)25-19-31-21(2)24(9-14-34)28(25)33-12-10-29(3,4)11-13-33;1-4(2)5-3;1-4(2,3)5;1-2/h5-8,14,17-19H,9-13,15-16H2,1-4H3;4H,1-3H3;5H,1-3H3;1-2H3. The molecule has 1 N–H and O–H groups in total. The molecule has 0 amide bonds. The summed E-state index contributed by atoms with van der Waals surface area (Å²) in [6.07, 6.45) is 7.40. The summed E-state index contributed by atoms with van der Waals surface area (Å²) in [4.78, 5) is 23.1. The lowest BCUT2D eigenvalue weighted by atomic mass is 9.82. The van der Waals surface area contributed by atoms with Gasteiger partial charge < -0.3 is 29.0 Å². The highest BCUT2D eigenvalue weighted by molar-refractivity contribution is 5.81. The maximum absolute atomic E-state index is 13.2. The van der Waals surface area contributed by atoms with Crippen LogP contribution in [0.1, 0.15) is 92.0 Å². The molecule has 0 atom stereocenters. The number of carbonyl (C=O) groups excluding carboxylic acids is 1. The minimum Gasteiger partial charge on any atom is -0.490 e. The molecule has 0 spiro atoms. The molecule has 48 heavy (non-hydrogen) atoms. The zero-order chi connectivity index (χ0) is 36.5. The third kappa shape index (κ3) is 15.6. The molecule has 0 aliphatic carbocycles. The second kappa shape index (κ2) is 20.7. The monoisotopic (exact) mass is 669 g/mol. The predicted molar refractivity (Wildman–Crippen MR) is 195 cm³/mol. The van der Waals surface area contributed by atoms with Gasteiger partial charge in [-0.25, -0.2) is 4.39 Å². The Morgan fingerprint density at radius 3 is 2.08 bits per heavy atom. The van der Waals surface area contributed by atoms with Crippen molar-refractivity contribution in [2.75, 3.05) is 38.3 Å². The van der Waals surface area contributed by atoms with Crippen molar-refractivity contribution < 1.29 is 28.5 Å². The van der Waals surface area contributed by atoms with Crippen LogP contribution in [0.15, 0.2) is 42.7 Å². The lowest BCUT2D eigenvalue weighted by Gasteiger charge is -2.40. The first kappa shape index (κ1) is 42.5. The number of halogens is 1. The number of piperidine rings is 1. The van der Waals surface area contributed by atoms with Crippen LogP contribution < -0.4 is 14.4 Å². The van der Waals surface area contributed by atoms with Crippen LogP contribution >= 0.6 is 0 Å². The van der Waals surface area contributed by atoms with E-state index in [9.17, 15) is 9.18 Å². The molecule has 1 aromatic carbocycles. The highest BCUT2D eigenvalue weighted by Crippen LogP contribution is 2.39. The van der Waals surface area contributed by atoms with Crippen LogP contribution in [0.25, 0.3) is 11.3 Å². The van der Waals surface area contributed by atoms with E-state index in [2.05, 4.69) is 28.7 Å². The molecular formula is C39H60FN3O5. The number of pyridine rings is 2. The van der Waals surface area contributed by atoms with E-state index in [1.54, 1.807) is 47.1 Å². The molecule has 1 aliphatic rings. The van der Waals surface area contributed by atoms with Crippen molar-refractivity contribution in [3.63, 3.8) is 0 Å². The minimum atomic E-state index is -0.500. The number of anilines is 1. The zero-order valence-electron chi connectivity index (χ0n) is 31.4. The van der Waals surface area contributed by atoms with E-state index in [1.165, 1.54) is 12.1 Å². The Bertz CT molecular complexity index is 1360. The number of hydrogen-bond donors (Lipinski definition) is 1. The third-order valence-corrected chi connectivity index (χ3v) is 7.32. The van der Waals surface area contributed by atoms with Gasteiger partial charge in [-0.3, -0.25) is 9.97 Å². The summed E-state index contributed by atoms with van der Waals surface area (Å²) in [6.45, 7) is 24.1. The molecule has 0 bridgehead atoms. The molecule has 8 nitrogen and oxygen atoms in total. The van der Waals surface area contributed by atoms with Crippen molar-refractivity contribution in [3.8, 4) is 22.8 Å². The fraction of sp³-hybridized carbons (Fsp3) is 0.564. The number of carbonyl (C=O) groups is 1. The van der Waals surface area contributed by atoms with Crippen LogP contribution in [-0.2, 0) is 16.0 Å². The second-order valence-corrected chi connectivity index (χ2v) is 13.5. The first-order valence-corrected chi connectivity index (χ1v) is 16.9. The first-order valence-electron chi connectivity index (χ1n) is 16.9. The minimum absolute atomic E-state index is 0.281. The molecule has 0 saturated carbocycles. The number of nitrogens with zero attached hydrogens (tertiary/aromatic N) is 3. The normalized spacial score (nSPS) is 13.6. The summed E-state index contributed by atoms with van der Waals surface area (Å²) < 4.78 is 29.5. The number of hydrogen-bond acceptors (Lipinski definition) is 8. The maximum Gasteiger partial charge on any atom is 0.137 e. The zero-order valence-corrected chi connectivity index (χ0v) is 31.4.